The van der Waals surface area contributed by atoms with Crippen LogP contribution in [0.5, 0.6) is 0 Å². The van der Waals surface area contributed by atoms with Gasteiger partial charge in [-0.15, -0.1) is 0 Å². The molecule has 0 amide bonds. The SMILES string of the molecule is CC1(C)C2=N/C(=C(/c3c(F)c(F)c(F)c(F)c3F)c3ccc([nH]3)C(C)(C)c3ccc([nH]3)C(C)(C)c3ccc1[nH]3)C=C2. The maximum Gasteiger partial charge on any atom is 0.200 e. The van der Waals surface area contributed by atoms with Gasteiger partial charge in [0.1, 0.15) is 0 Å². The standard InChI is InChI=1S/C32H29F5N4/c1-30(2)17-9-7-15(38-17)23(24-25(33)27(35)29(37)28(36)26(24)34)16-8-10-18(39-16)31(3,4)20-12-14-22(41-20)32(5,6)21-13-11-19(30)40-21/h7-14,38,40-41H,1-6H3/b23-16+. The summed E-state index contributed by atoms with van der Waals surface area (Å²) in [4.78, 5) is 15.0. The lowest BCUT2D eigenvalue weighted by atomic mass is 9.84. The van der Waals surface area contributed by atoms with E-state index < -0.39 is 50.9 Å². The fourth-order valence-corrected chi connectivity index (χ4v) is 5.66. The minimum absolute atomic E-state index is 0.0730. The molecular weight excluding hydrogens is 535 g/mol. The number of nitrogens with one attached hydrogen (secondary N) is 3. The highest BCUT2D eigenvalue weighted by atomic mass is 19.2. The van der Waals surface area contributed by atoms with Gasteiger partial charge in [0.05, 0.1) is 17.0 Å². The van der Waals surface area contributed by atoms with Gasteiger partial charge in [-0.05, 0) is 90.1 Å². The van der Waals surface area contributed by atoms with E-state index in [0.717, 1.165) is 22.8 Å². The van der Waals surface area contributed by atoms with Gasteiger partial charge in [-0.1, -0.05) is 0 Å². The number of aromatic amines is 3. The molecule has 0 atom stereocenters. The Morgan fingerprint density at radius 3 is 1.44 bits per heavy atom. The fraction of sp³-hybridized carbons (Fsp3) is 0.281. The zero-order valence-corrected chi connectivity index (χ0v) is 23.5. The van der Waals surface area contributed by atoms with Crippen LogP contribution in [0.1, 0.15) is 81.3 Å². The highest BCUT2D eigenvalue weighted by Crippen LogP contribution is 2.41. The van der Waals surface area contributed by atoms with Crippen molar-refractivity contribution in [2.24, 2.45) is 4.99 Å². The summed E-state index contributed by atoms with van der Waals surface area (Å²) in [6.45, 7) is 12.1. The summed E-state index contributed by atoms with van der Waals surface area (Å²) in [5, 5.41) is 0. The van der Waals surface area contributed by atoms with E-state index in [1.165, 1.54) is 0 Å². The molecule has 3 aromatic heterocycles. The van der Waals surface area contributed by atoms with Crippen molar-refractivity contribution in [3.63, 3.8) is 0 Å². The first-order chi connectivity index (χ1) is 19.2. The Morgan fingerprint density at radius 2 is 0.927 bits per heavy atom. The number of halogens is 5. The van der Waals surface area contributed by atoms with Gasteiger partial charge in [0.15, 0.2) is 23.3 Å². The minimum atomic E-state index is -2.21. The molecule has 41 heavy (non-hydrogen) atoms. The highest BCUT2D eigenvalue weighted by Gasteiger charge is 2.37. The maximum absolute atomic E-state index is 15.3. The number of aliphatic imine (C=N–C) groups is 1. The van der Waals surface area contributed by atoms with Gasteiger partial charge in [-0.2, -0.15) is 0 Å². The van der Waals surface area contributed by atoms with Gasteiger partial charge in [0.25, 0.3) is 0 Å². The summed E-state index contributed by atoms with van der Waals surface area (Å²) in [6, 6.07) is 11.3. The normalized spacial score (nSPS) is 20.4. The number of rotatable bonds is 1. The molecular formula is C32H29F5N4. The van der Waals surface area contributed by atoms with Gasteiger partial charge in [0, 0.05) is 56.0 Å². The summed E-state index contributed by atoms with van der Waals surface area (Å²) < 4.78 is 73.5. The third-order valence-electron chi connectivity index (χ3n) is 8.69. The molecule has 0 saturated carbocycles. The molecule has 0 fully saturated rings. The van der Waals surface area contributed by atoms with Crippen LogP contribution in [0.2, 0.25) is 0 Å². The molecule has 9 heteroatoms. The van der Waals surface area contributed by atoms with E-state index >= 15 is 8.78 Å². The summed E-state index contributed by atoms with van der Waals surface area (Å²) in [6.07, 6.45) is 3.24. The van der Waals surface area contributed by atoms with Crippen LogP contribution < -0.4 is 0 Å². The van der Waals surface area contributed by atoms with E-state index in [0.29, 0.717) is 11.4 Å². The molecule has 0 unspecified atom stereocenters. The number of benzene rings is 1. The van der Waals surface area contributed by atoms with Gasteiger partial charge in [-0.3, -0.25) is 4.99 Å². The average Bonchev–Trinajstić information content (AvgIpc) is 3.74. The topological polar surface area (TPSA) is 59.7 Å². The molecule has 1 aromatic carbocycles. The van der Waals surface area contributed by atoms with Crippen molar-refractivity contribution in [1.82, 2.24) is 15.0 Å². The summed E-state index contributed by atoms with van der Waals surface area (Å²) in [7, 11) is 0. The lowest BCUT2D eigenvalue weighted by Crippen LogP contribution is -2.28. The Hall–Kier alpha value is -4.14. The molecule has 5 heterocycles. The minimum Gasteiger partial charge on any atom is -0.361 e. The fourth-order valence-electron chi connectivity index (χ4n) is 5.66. The van der Waals surface area contributed by atoms with Crippen LogP contribution in [-0.2, 0) is 16.2 Å². The van der Waals surface area contributed by atoms with Crippen molar-refractivity contribution in [1.29, 1.82) is 0 Å². The Labute approximate surface area is 234 Å². The molecule has 3 N–H and O–H groups in total. The first kappa shape index (κ1) is 27.1. The number of hydrogen-bond donors (Lipinski definition) is 3. The second kappa shape index (κ2) is 8.68. The van der Waals surface area contributed by atoms with E-state index in [1.807, 2.05) is 52.0 Å². The van der Waals surface area contributed by atoms with Crippen molar-refractivity contribution < 1.29 is 22.0 Å². The van der Waals surface area contributed by atoms with Crippen LogP contribution in [0.15, 0.2) is 59.2 Å². The maximum atomic E-state index is 15.3. The number of hydrogen-bond acceptors (Lipinski definition) is 1. The smallest absolute Gasteiger partial charge is 0.200 e. The van der Waals surface area contributed by atoms with Crippen LogP contribution in [0, 0.1) is 29.1 Å². The van der Waals surface area contributed by atoms with Gasteiger partial charge in [0.2, 0.25) is 5.82 Å². The summed E-state index contributed by atoms with van der Waals surface area (Å²) in [5.41, 5.74) is 2.16. The first-order valence-corrected chi connectivity index (χ1v) is 13.3. The molecule has 0 radical (unpaired) electrons. The number of H-pyrrole nitrogens is 3. The van der Waals surface area contributed by atoms with Gasteiger partial charge in [-0.25, -0.2) is 22.0 Å². The number of allylic oxidation sites excluding steroid dienone is 2. The van der Waals surface area contributed by atoms with Crippen molar-refractivity contribution in [2.45, 2.75) is 57.8 Å². The van der Waals surface area contributed by atoms with Gasteiger partial charge < -0.3 is 15.0 Å². The Balaban J connectivity index is 1.69. The lowest BCUT2D eigenvalue weighted by Gasteiger charge is -2.27. The monoisotopic (exact) mass is 564 g/mol. The van der Waals surface area contributed by atoms with Crippen molar-refractivity contribution >= 4 is 11.3 Å². The van der Waals surface area contributed by atoms with Crippen LogP contribution in [0.4, 0.5) is 22.0 Å². The van der Waals surface area contributed by atoms with E-state index in [1.54, 1.807) is 24.3 Å². The van der Waals surface area contributed by atoms with Crippen LogP contribution in [0.3, 0.4) is 0 Å². The molecule has 0 spiro atoms. The third-order valence-corrected chi connectivity index (χ3v) is 8.69. The molecule has 0 saturated heterocycles. The molecule has 6 rings (SSSR count). The molecule has 4 aromatic rings. The third kappa shape index (κ3) is 3.81. The predicted molar refractivity (Wildman–Crippen MR) is 148 cm³/mol. The molecule has 2 aliphatic heterocycles. The van der Waals surface area contributed by atoms with Crippen LogP contribution >= 0.6 is 0 Å². The quantitative estimate of drug-likeness (QED) is 0.119. The predicted octanol–water partition coefficient (Wildman–Crippen LogP) is 8.08. The molecule has 2 aliphatic rings. The second-order valence-corrected chi connectivity index (χ2v) is 12.3. The highest BCUT2D eigenvalue weighted by molar-refractivity contribution is 6.07. The Bertz CT molecular complexity index is 1790. The lowest BCUT2D eigenvalue weighted by molar-refractivity contribution is 0.376. The molecule has 4 nitrogen and oxygen atoms in total. The molecule has 0 aliphatic carbocycles. The summed E-state index contributed by atoms with van der Waals surface area (Å²) in [5.74, 6) is -10.1. The number of aromatic nitrogens is 3. The zero-order chi connectivity index (χ0) is 29.6. The zero-order valence-electron chi connectivity index (χ0n) is 23.5. The van der Waals surface area contributed by atoms with Crippen molar-refractivity contribution in [3.05, 3.63) is 123 Å². The van der Waals surface area contributed by atoms with E-state index in [-0.39, 0.29) is 17.0 Å². The van der Waals surface area contributed by atoms with E-state index in [9.17, 15) is 13.2 Å². The summed E-state index contributed by atoms with van der Waals surface area (Å²) >= 11 is 0. The van der Waals surface area contributed by atoms with Gasteiger partial charge >= 0.3 is 0 Å². The van der Waals surface area contributed by atoms with Crippen molar-refractivity contribution in [3.8, 4) is 0 Å². The first-order valence-electron chi connectivity index (χ1n) is 13.3. The van der Waals surface area contributed by atoms with E-state index in [4.69, 9.17) is 4.99 Å². The number of fused-ring (bicyclic) bond motifs is 7. The van der Waals surface area contributed by atoms with E-state index in [2.05, 4.69) is 28.8 Å². The Morgan fingerprint density at radius 1 is 0.512 bits per heavy atom. The van der Waals surface area contributed by atoms with Crippen LogP contribution in [-0.4, -0.2) is 20.7 Å². The Kier molecular flexibility index (Phi) is 5.73. The van der Waals surface area contributed by atoms with Crippen molar-refractivity contribution in [2.75, 3.05) is 0 Å². The molecule has 212 valence electrons. The van der Waals surface area contributed by atoms with Crippen LogP contribution in [0.25, 0.3) is 5.57 Å². The largest absolute Gasteiger partial charge is 0.361 e. The molecule has 8 bridgehead atoms. The average molecular weight is 565 g/mol. The second-order valence-electron chi connectivity index (χ2n) is 12.3. The number of nitrogens with zero attached hydrogens (tertiary/aromatic N) is 1.